The molecule has 0 bridgehead atoms. The predicted molar refractivity (Wildman–Crippen MR) is 162 cm³/mol. The lowest BCUT2D eigenvalue weighted by Gasteiger charge is -2.19. The molecule has 3 heterocycles. The Kier molecular flexibility index (Phi) is 8.66. The summed E-state index contributed by atoms with van der Waals surface area (Å²) in [5.41, 5.74) is 1.79. The average Bonchev–Trinajstić information content (AvgIpc) is 3.74. The first kappa shape index (κ1) is 29.7. The molecule has 45 heavy (non-hydrogen) atoms. The number of nitrogens with zero attached hydrogens (tertiary/aromatic N) is 4. The van der Waals surface area contributed by atoms with Gasteiger partial charge < -0.3 is 34.5 Å². The Bertz CT molecular complexity index is 1730. The molecule has 1 saturated heterocycles. The molecule has 3 amide bonds. The van der Waals surface area contributed by atoms with E-state index in [0.29, 0.717) is 24.1 Å². The molecule has 232 valence electrons. The van der Waals surface area contributed by atoms with E-state index in [1.54, 1.807) is 18.5 Å². The van der Waals surface area contributed by atoms with Crippen LogP contribution in [0, 0.1) is 5.92 Å². The monoisotopic (exact) mass is 613 g/mol. The Labute approximate surface area is 257 Å². The highest BCUT2D eigenvalue weighted by molar-refractivity contribution is 5.95. The summed E-state index contributed by atoms with van der Waals surface area (Å²) in [4.78, 5) is 49.6. The fourth-order valence-electron chi connectivity index (χ4n) is 5.66. The van der Waals surface area contributed by atoms with Crippen molar-refractivity contribution in [3.8, 4) is 5.75 Å². The molecule has 2 aliphatic rings. The third-order valence-corrected chi connectivity index (χ3v) is 7.65. The van der Waals surface area contributed by atoms with Crippen LogP contribution in [0.5, 0.6) is 5.75 Å². The lowest BCUT2D eigenvalue weighted by atomic mass is 10.1. The number of anilines is 1. The SMILES string of the molecule is CCNC(=O)Nc1ncnc2c1ncn2C1CC(CNC(=O)Oc2ccccc2C(=O)O)C2O[C@H](/C=C/c3ccccc3)OC21. The summed E-state index contributed by atoms with van der Waals surface area (Å²) in [6.45, 7) is 2.44. The highest BCUT2D eigenvalue weighted by Crippen LogP contribution is 2.45. The lowest BCUT2D eigenvalue weighted by Crippen LogP contribution is -2.36. The van der Waals surface area contributed by atoms with Crippen molar-refractivity contribution in [1.29, 1.82) is 0 Å². The molecule has 14 heteroatoms. The number of carbonyl (C=O) groups is 3. The second kappa shape index (κ2) is 13.1. The maximum atomic E-state index is 12.7. The molecular formula is C31H31N7O7. The highest BCUT2D eigenvalue weighted by Gasteiger charge is 2.52. The molecule has 0 radical (unpaired) electrons. The molecule has 2 fully saturated rings. The van der Waals surface area contributed by atoms with E-state index in [0.717, 1.165) is 5.56 Å². The molecule has 6 rings (SSSR count). The highest BCUT2D eigenvalue weighted by atomic mass is 16.7. The number of carboxylic acid groups (broad SMARTS) is 1. The number of nitrogens with one attached hydrogen (secondary N) is 3. The van der Waals surface area contributed by atoms with Crippen LogP contribution < -0.4 is 20.7 Å². The number of imidazole rings is 1. The number of carbonyl (C=O) groups excluding carboxylic acids is 2. The molecule has 0 spiro atoms. The van der Waals surface area contributed by atoms with Crippen molar-refractivity contribution in [3.05, 3.63) is 84.5 Å². The van der Waals surface area contributed by atoms with Crippen LogP contribution in [-0.2, 0) is 9.47 Å². The summed E-state index contributed by atoms with van der Waals surface area (Å²) >= 11 is 0. The molecule has 1 aliphatic carbocycles. The van der Waals surface area contributed by atoms with E-state index < -0.39 is 36.6 Å². The molecule has 4 unspecified atom stereocenters. The van der Waals surface area contributed by atoms with Crippen molar-refractivity contribution < 1.29 is 33.7 Å². The normalized spacial score (nSPS) is 22.3. The van der Waals surface area contributed by atoms with E-state index >= 15 is 0 Å². The molecular weight excluding hydrogens is 582 g/mol. The fourth-order valence-corrected chi connectivity index (χ4v) is 5.66. The Morgan fingerprint density at radius 2 is 1.80 bits per heavy atom. The number of hydrogen-bond acceptors (Lipinski definition) is 9. The Balaban J connectivity index is 1.22. The van der Waals surface area contributed by atoms with E-state index in [2.05, 4.69) is 30.9 Å². The Morgan fingerprint density at radius 1 is 1.02 bits per heavy atom. The van der Waals surface area contributed by atoms with E-state index in [9.17, 15) is 19.5 Å². The number of carboxylic acids is 1. The minimum atomic E-state index is -1.20. The van der Waals surface area contributed by atoms with Crippen LogP contribution >= 0.6 is 0 Å². The third-order valence-electron chi connectivity index (χ3n) is 7.65. The van der Waals surface area contributed by atoms with Gasteiger partial charge in [-0.25, -0.2) is 29.3 Å². The van der Waals surface area contributed by atoms with Crippen molar-refractivity contribution in [2.24, 2.45) is 5.92 Å². The number of amides is 3. The van der Waals surface area contributed by atoms with Gasteiger partial charge in [-0.15, -0.1) is 0 Å². The van der Waals surface area contributed by atoms with Gasteiger partial charge in [0.15, 0.2) is 23.3 Å². The third kappa shape index (κ3) is 6.46. The molecule has 14 nitrogen and oxygen atoms in total. The molecule has 5 atom stereocenters. The van der Waals surface area contributed by atoms with Crippen LogP contribution in [0.2, 0.25) is 0 Å². The lowest BCUT2D eigenvalue weighted by molar-refractivity contribution is -0.0497. The van der Waals surface area contributed by atoms with Crippen molar-refractivity contribution >= 4 is 41.2 Å². The van der Waals surface area contributed by atoms with E-state index in [-0.39, 0.29) is 35.6 Å². The molecule has 1 aliphatic heterocycles. The summed E-state index contributed by atoms with van der Waals surface area (Å²) in [5, 5.41) is 17.6. The zero-order chi connectivity index (χ0) is 31.3. The largest absolute Gasteiger partial charge is 0.478 e. The van der Waals surface area contributed by atoms with Gasteiger partial charge in [0.05, 0.1) is 18.5 Å². The van der Waals surface area contributed by atoms with E-state index in [1.165, 1.54) is 18.5 Å². The summed E-state index contributed by atoms with van der Waals surface area (Å²) in [6.07, 6.45) is 5.04. The smallest absolute Gasteiger partial charge is 0.412 e. The number of benzene rings is 2. The number of ether oxygens (including phenoxy) is 3. The van der Waals surface area contributed by atoms with Gasteiger partial charge in [-0.05, 0) is 37.1 Å². The van der Waals surface area contributed by atoms with Gasteiger partial charge in [-0.1, -0.05) is 48.5 Å². The van der Waals surface area contributed by atoms with Crippen LogP contribution in [0.4, 0.5) is 15.4 Å². The van der Waals surface area contributed by atoms with Gasteiger partial charge in [0.2, 0.25) is 0 Å². The van der Waals surface area contributed by atoms with Gasteiger partial charge in [0.25, 0.3) is 0 Å². The quantitative estimate of drug-likeness (QED) is 0.217. The number of aromatic carboxylic acids is 1. The number of aromatic nitrogens is 4. The average molecular weight is 614 g/mol. The predicted octanol–water partition coefficient (Wildman–Crippen LogP) is 3.84. The first-order valence-electron chi connectivity index (χ1n) is 14.5. The first-order valence-corrected chi connectivity index (χ1v) is 14.5. The number of hydrogen-bond donors (Lipinski definition) is 4. The van der Waals surface area contributed by atoms with E-state index in [1.807, 2.05) is 54.0 Å². The van der Waals surface area contributed by atoms with Gasteiger partial charge >= 0.3 is 18.1 Å². The van der Waals surface area contributed by atoms with Crippen LogP contribution in [0.3, 0.4) is 0 Å². The number of urea groups is 1. The first-order chi connectivity index (χ1) is 21.9. The number of para-hydroxylation sites is 1. The summed E-state index contributed by atoms with van der Waals surface area (Å²) in [7, 11) is 0. The van der Waals surface area contributed by atoms with Gasteiger partial charge in [-0.2, -0.15) is 0 Å². The van der Waals surface area contributed by atoms with Crippen molar-refractivity contribution in [2.45, 2.75) is 37.9 Å². The molecule has 1 saturated carbocycles. The maximum Gasteiger partial charge on any atom is 0.412 e. The van der Waals surface area contributed by atoms with Crippen LogP contribution in [-0.4, -0.2) is 74.3 Å². The minimum absolute atomic E-state index is 0.0576. The Morgan fingerprint density at radius 3 is 2.60 bits per heavy atom. The van der Waals surface area contributed by atoms with Crippen molar-refractivity contribution in [3.63, 3.8) is 0 Å². The molecule has 4 N–H and O–H groups in total. The number of rotatable bonds is 9. The molecule has 2 aromatic heterocycles. The minimum Gasteiger partial charge on any atom is -0.478 e. The molecule has 4 aromatic rings. The zero-order valence-electron chi connectivity index (χ0n) is 24.2. The van der Waals surface area contributed by atoms with Crippen molar-refractivity contribution in [1.82, 2.24) is 30.2 Å². The topological polar surface area (TPSA) is 179 Å². The van der Waals surface area contributed by atoms with Crippen molar-refractivity contribution in [2.75, 3.05) is 18.4 Å². The van der Waals surface area contributed by atoms with Crippen LogP contribution in [0.1, 0.15) is 35.3 Å². The van der Waals surface area contributed by atoms with Gasteiger partial charge in [0, 0.05) is 19.0 Å². The second-order valence-electron chi connectivity index (χ2n) is 10.5. The summed E-state index contributed by atoms with van der Waals surface area (Å²) < 4.78 is 20.0. The summed E-state index contributed by atoms with van der Waals surface area (Å²) in [6, 6.07) is 15.0. The summed E-state index contributed by atoms with van der Waals surface area (Å²) in [5.74, 6) is -1.19. The number of fused-ring (bicyclic) bond motifs is 2. The Hall–Kier alpha value is -5.34. The molecule has 2 aromatic carbocycles. The maximum absolute atomic E-state index is 12.7. The van der Waals surface area contributed by atoms with Gasteiger partial charge in [-0.3, -0.25) is 5.32 Å². The fraction of sp³-hybridized carbons (Fsp3) is 0.290. The van der Waals surface area contributed by atoms with Gasteiger partial charge in [0.1, 0.15) is 23.7 Å². The zero-order valence-corrected chi connectivity index (χ0v) is 24.2. The second-order valence-corrected chi connectivity index (χ2v) is 10.5. The van der Waals surface area contributed by atoms with E-state index in [4.69, 9.17) is 14.2 Å². The standard InChI is InChI=1S/C31H31N7O7/c1-2-32-30(41)37-27-24-28(35-16-34-27)38(17-36-24)21-14-19(15-33-31(42)43-22-11-7-6-10-20(22)29(39)40)25-26(21)45-23(44-25)13-12-18-8-4-3-5-9-18/h3-13,16-17,19,21,23,25-26H,2,14-15H2,1H3,(H,33,42)(H,39,40)(H2,32,34,35,37,41)/b13-12+/t19?,21?,23-,25?,26?/m0/s1. The van der Waals surface area contributed by atoms with Crippen LogP contribution in [0.15, 0.2) is 73.3 Å². The van der Waals surface area contributed by atoms with Crippen LogP contribution in [0.25, 0.3) is 17.2 Å².